The van der Waals surface area contributed by atoms with Crippen LogP contribution in [0.15, 0.2) is 42.7 Å². The number of benzene rings is 1. The number of amides is 1. The van der Waals surface area contributed by atoms with Gasteiger partial charge in [-0.25, -0.2) is 4.68 Å². The molecule has 6 heteroatoms. The van der Waals surface area contributed by atoms with E-state index in [1.807, 2.05) is 47.1 Å². The van der Waals surface area contributed by atoms with E-state index in [4.69, 9.17) is 0 Å². The Morgan fingerprint density at radius 3 is 2.77 bits per heavy atom. The van der Waals surface area contributed by atoms with Crippen LogP contribution in [0.5, 0.6) is 0 Å². The maximum atomic E-state index is 12.6. The molecule has 1 atom stereocenters. The molecule has 0 N–H and O–H groups in total. The summed E-state index contributed by atoms with van der Waals surface area (Å²) in [5.41, 5.74) is 2.11. The van der Waals surface area contributed by atoms with Gasteiger partial charge in [0.25, 0.3) is 0 Å². The van der Waals surface area contributed by atoms with Crippen LogP contribution in [0.4, 0.5) is 0 Å². The minimum atomic E-state index is 0.179. The maximum Gasteiger partial charge on any atom is 0.223 e. The van der Waals surface area contributed by atoms with Gasteiger partial charge in [0, 0.05) is 51.5 Å². The molecule has 1 aliphatic heterocycles. The number of likely N-dealkylation sites (N-methyl/N-ethyl adjacent to an activating group) is 2. The fourth-order valence-electron chi connectivity index (χ4n) is 3.54. The molecule has 0 unspecified atom stereocenters. The number of carbonyl (C=O) groups excluding carboxylic acids is 1. The Labute approximate surface area is 156 Å². The Bertz CT molecular complexity index is 715. The van der Waals surface area contributed by atoms with Crippen LogP contribution in [0, 0.1) is 0 Å². The van der Waals surface area contributed by atoms with E-state index in [1.165, 1.54) is 6.42 Å². The molecule has 2 aromatic rings. The number of likely N-dealkylation sites (tertiary alicyclic amines) is 1. The first-order valence-corrected chi connectivity index (χ1v) is 9.25. The second kappa shape index (κ2) is 8.47. The highest BCUT2D eigenvalue weighted by atomic mass is 16.2. The minimum absolute atomic E-state index is 0.179. The van der Waals surface area contributed by atoms with Gasteiger partial charge in [-0.1, -0.05) is 18.2 Å². The summed E-state index contributed by atoms with van der Waals surface area (Å²) in [7, 11) is 6.17. The van der Waals surface area contributed by atoms with Gasteiger partial charge in [0.15, 0.2) is 0 Å². The van der Waals surface area contributed by atoms with Gasteiger partial charge in [-0.3, -0.25) is 4.79 Å². The SMILES string of the molecule is CN1CC[C@@H](N(C)CCC(=O)N(C)Cc2ccccc2-n2cccn2)C1. The van der Waals surface area contributed by atoms with Crippen molar-refractivity contribution in [3.63, 3.8) is 0 Å². The lowest BCUT2D eigenvalue weighted by Gasteiger charge is -2.25. The van der Waals surface area contributed by atoms with E-state index in [-0.39, 0.29) is 5.91 Å². The minimum Gasteiger partial charge on any atom is -0.341 e. The van der Waals surface area contributed by atoms with Crippen molar-refractivity contribution in [3.05, 3.63) is 48.3 Å². The predicted molar refractivity (Wildman–Crippen MR) is 103 cm³/mol. The molecule has 140 valence electrons. The average molecular weight is 355 g/mol. The molecule has 0 spiro atoms. The van der Waals surface area contributed by atoms with Crippen LogP contribution in [-0.2, 0) is 11.3 Å². The molecular formula is C20H29N5O. The smallest absolute Gasteiger partial charge is 0.223 e. The van der Waals surface area contributed by atoms with Crippen LogP contribution in [-0.4, -0.2) is 77.2 Å². The van der Waals surface area contributed by atoms with E-state index in [2.05, 4.69) is 35.1 Å². The highest BCUT2D eigenvalue weighted by Crippen LogP contribution is 2.16. The van der Waals surface area contributed by atoms with Crippen LogP contribution in [0.25, 0.3) is 5.69 Å². The molecule has 0 saturated carbocycles. The van der Waals surface area contributed by atoms with Crippen molar-refractivity contribution >= 4 is 5.91 Å². The van der Waals surface area contributed by atoms with Gasteiger partial charge in [0.1, 0.15) is 0 Å². The lowest BCUT2D eigenvalue weighted by molar-refractivity contribution is -0.130. The lowest BCUT2D eigenvalue weighted by Crippen LogP contribution is -2.37. The monoisotopic (exact) mass is 355 g/mol. The molecule has 1 aromatic carbocycles. The Hall–Kier alpha value is -2.18. The van der Waals surface area contributed by atoms with Gasteiger partial charge in [0.2, 0.25) is 5.91 Å². The Morgan fingerprint density at radius 2 is 2.08 bits per heavy atom. The van der Waals surface area contributed by atoms with Gasteiger partial charge >= 0.3 is 0 Å². The molecule has 1 aromatic heterocycles. The van der Waals surface area contributed by atoms with E-state index in [9.17, 15) is 4.79 Å². The fourth-order valence-corrected chi connectivity index (χ4v) is 3.54. The van der Waals surface area contributed by atoms with Crippen LogP contribution in [0.1, 0.15) is 18.4 Å². The topological polar surface area (TPSA) is 44.6 Å². The Kier molecular flexibility index (Phi) is 6.06. The molecular weight excluding hydrogens is 326 g/mol. The Morgan fingerprint density at radius 1 is 1.27 bits per heavy atom. The Balaban J connectivity index is 1.55. The van der Waals surface area contributed by atoms with Crippen molar-refractivity contribution in [1.82, 2.24) is 24.5 Å². The summed E-state index contributed by atoms with van der Waals surface area (Å²) in [6.07, 6.45) is 5.43. The number of hydrogen-bond donors (Lipinski definition) is 0. The molecule has 1 fully saturated rings. The number of rotatable bonds is 7. The molecule has 6 nitrogen and oxygen atoms in total. The average Bonchev–Trinajstić information content (AvgIpc) is 3.31. The predicted octanol–water partition coefficient (Wildman–Crippen LogP) is 1.86. The molecule has 3 rings (SSSR count). The van der Waals surface area contributed by atoms with Crippen LogP contribution < -0.4 is 0 Å². The molecule has 0 radical (unpaired) electrons. The third-order valence-corrected chi connectivity index (χ3v) is 5.24. The lowest BCUT2D eigenvalue weighted by atomic mass is 10.1. The first-order valence-electron chi connectivity index (χ1n) is 9.25. The van der Waals surface area contributed by atoms with Gasteiger partial charge in [-0.2, -0.15) is 5.10 Å². The first kappa shape index (κ1) is 18.6. The number of para-hydroxylation sites is 1. The third-order valence-electron chi connectivity index (χ3n) is 5.24. The zero-order valence-electron chi connectivity index (χ0n) is 16.0. The third kappa shape index (κ3) is 4.51. The maximum absolute atomic E-state index is 12.6. The molecule has 26 heavy (non-hydrogen) atoms. The number of carbonyl (C=O) groups is 1. The molecule has 1 amide bonds. The fraction of sp³-hybridized carbons (Fsp3) is 0.500. The molecule has 0 bridgehead atoms. The highest BCUT2D eigenvalue weighted by molar-refractivity contribution is 5.76. The van der Waals surface area contributed by atoms with Crippen molar-refractivity contribution in [2.45, 2.75) is 25.4 Å². The molecule has 1 aliphatic rings. The number of aromatic nitrogens is 2. The van der Waals surface area contributed by atoms with Gasteiger partial charge in [-0.15, -0.1) is 0 Å². The van der Waals surface area contributed by atoms with Crippen molar-refractivity contribution < 1.29 is 4.79 Å². The zero-order valence-corrected chi connectivity index (χ0v) is 16.0. The molecule has 2 heterocycles. The highest BCUT2D eigenvalue weighted by Gasteiger charge is 2.23. The summed E-state index contributed by atoms with van der Waals surface area (Å²) in [5.74, 6) is 0.179. The number of nitrogens with zero attached hydrogens (tertiary/aromatic N) is 5. The van der Waals surface area contributed by atoms with Crippen LogP contribution in [0.3, 0.4) is 0 Å². The molecule has 0 aliphatic carbocycles. The van der Waals surface area contributed by atoms with E-state index < -0.39 is 0 Å². The summed E-state index contributed by atoms with van der Waals surface area (Å²) < 4.78 is 1.85. The van der Waals surface area contributed by atoms with Gasteiger partial charge in [0.05, 0.1) is 5.69 Å². The van der Waals surface area contributed by atoms with E-state index in [0.717, 1.165) is 30.9 Å². The van der Waals surface area contributed by atoms with Crippen molar-refractivity contribution in [3.8, 4) is 5.69 Å². The van der Waals surface area contributed by atoms with Gasteiger partial charge in [-0.05, 0) is 44.8 Å². The van der Waals surface area contributed by atoms with Crippen molar-refractivity contribution in [2.75, 3.05) is 40.8 Å². The van der Waals surface area contributed by atoms with E-state index >= 15 is 0 Å². The summed E-state index contributed by atoms with van der Waals surface area (Å²) in [6.45, 7) is 3.64. The van der Waals surface area contributed by atoms with E-state index in [1.54, 1.807) is 6.20 Å². The second-order valence-electron chi connectivity index (χ2n) is 7.26. The summed E-state index contributed by atoms with van der Waals surface area (Å²) in [6, 6.07) is 10.6. The zero-order chi connectivity index (χ0) is 18.5. The first-order chi connectivity index (χ1) is 12.5. The summed E-state index contributed by atoms with van der Waals surface area (Å²) >= 11 is 0. The van der Waals surface area contributed by atoms with Gasteiger partial charge < -0.3 is 14.7 Å². The second-order valence-corrected chi connectivity index (χ2v) is 7.26. The van der Waals surface area contributed by atoms with Crippen LogP contribution >= 0.6 is 0 Å². The van der Waals surface area contributed by atoms with Crippen molar-refractivity contribution in [1.29, 1.82) is 0 Å². The van der Waals surface area contributed by atoms with E-state index in [0.29, 0.717) is 19.0 Å². The summed E-state index contributed by atoms with van der Waals surface area (Å²) in [5, 5.41) is 4.31. The quantitative estimate of drug-likeness (QED) is 0.760. The normalized spacial score (nSPS) is 17.8. The standard InChI is InChI=1S/C20H29N5O/c1-22-13-9-18(16-22)23(2)14-10-20(26)24(3)15-17-7-4-5-8-19(17)25-12-6-11-21-25/h4-8,11-12,18H,9-10,13-16H2,1-3H3/t18-/m1/s1. The van der Waals surface area contributed by atoms with Crippen molar-refractivity contribution in [2.24, 2.45) is 0 Å². The number of hydrogen-bond acceptors (Lipinski definition) is 4. The largest absolute Gasteiger partial charge is 0.341 e. The molecule has 1 saturated heterocycles. The summed E-state index contributed by atoms with van der Waals surface area (Å²) in [4.78, 5) is 19.1. The van der Waals surface area contributed by atoms with Crippen LogP contribution in [0.2, 0.25) is 0 Å².